The largest absolute Gasteiger partial charge is 0.408 e. The fourth-order valence-corrected chi connectivity index (χ4v) is 2.47. The summed E-state index contributed by atoms with van der Waals surface area (Å²) < 4.78 is 5.35. The van der Waals surface area contributed by atoms with Gasteiger partial charge in [-0.25, -0.2) is 9.97 Å². The molecule has 0 saturated carbocycles. The molecule has 0 bridgehead atoms. The molecule has 0 aromatic carbocycles. The first kappa shape index (κ1) is 17.4. The standard InChI is InChI=1S/C15H21N5O2S/c1-8(2)13-16-10(5)6-12(18-13)23-7-11(21)17-15-20-19-14(22-15)9(3)4/h6,8-9H,7H2,1-5H3,(H,17,20,21). The predicted molar refractivity (Wildman–Crippen MR) is 88.6 cm³/mol. The number of anilines is 1. The van der Waals surface area contributed by atoms with Gasteiger partial charge in [-0.2, -0.15) is 0 Å². The predicted octanol–water partition coefficient (Wildman–Crippen LogP) is 3.15. The Kier molecular flexibility index (Phi) is 5.70. The molecule has 8 heteroatoms. The van der Waals surface area contributed by atoms with Gasteiger partial charge in [0.05, 0.1) is 5.75 Å². The highest BCUT2D eigenvalue weighted by molar-refractivity contribution is 7.99. The fraction of sp³-hybridized carbons (Fsp3) is 0.533. The van der Waals surface area contributed by atoms with E-state index in [0.717, 1.165) is 16.5 Å². The van der Waals surface area contributed by atoms with Gasteiger partial charge in [0.25, 0.3) is 0 Å². The van der Waals surface area contributed by atoms with Crippen LogP contribution in [0, 0.1) is 6.92 Å². The Morgan fingerprint density at radius 3 is 2.57 bits per heavy atom. The molecule has 0 radical (unpaired) electrons. The van der Waals surface area contributed by atoms with Crippen molar-refractivity contribution in [3.63, 3.8) is 0 Å². The monoisotopic (exact) mass is 335 g/mol. The van der Waals surface area contributed by atoms with Crippen molar-refractivity contribution in [1.82, 2.24) is 20.2 Å². The third-order valence-corrected chi connectivity index (χ3v) is 3.81. The van der Waals surface area contributed by atoms with Crippen molar-refractivity contribution in [2.24, 2.45) is 0 Å². The van der Waals surface area contributed by atoms with Crippen molar-refractivity contribution < 1.29 is 9.21 Å². The molecule has 2 heterocycles. The molecule has 1 N–H and O–H groups in total. The van der Waals surface area contributed by atoms with E-state index in [2.05, 4.69) is 25.5 Å². The number of amides is 1. The average molecular weight is 335 g/mol. The molecule has 23 heavy (non-hydrogen) atoms. The zero-order chi connectivity index (χ0) is 17.0. The lowest BCUT2D eigenvalue weighted by Crippen LogP contribution is -2.14. The van der Waals surface area contributed by atoms with E-state index in [1.54, 1.807) is 0 Å². The molecule has 2 aromatic rings. The van der Waals surface area contributed by atoms with E-state index in [-0.39, 0.29) is 29.5 Å². The van der Waals surface area contributed by atoms with Gasteiger partial charge in [0.2, 0.25) is 11.8 Å². The van der Waals surface area contributed by atoms with Gasteiger partial charge < -0.3 is 4.42 Å². The first-order valence-electron chi connectivity index (χ1n) is 7.46. The summed E-state index contributed by atoms with van der Waals surface area (Å²) in [5.41, 5.74) is 0.894. The van der Waals surface area contributed by atoms with E-state index in [0.29, 0.717) is 5.89 Å². The molecular formula is C15H21N5O2S. The summed E-state index contributed by atoms with van der Waals surface area (Å²) in [4.78, 5) is 20.8. The lowest BCUT2D eigenvalue weighted by Gasteiger charge is -2.07. The van der Waals surface area contributed by atoms with Gasteiger partial charge in [-0.3, -0.25) is 10.1 Å². The molecule has 0 spiro atoms. The molecule has 2 rings (SSSR count). The summed E-state index contributed by atoms with van der Waals surface area (Å²) >= 11 is 1.35. The van der Waals surface area contributed by atoms with Crippen LogP contribution < -0.4 is 5.32 Å². The minimum Gasteiger partial charge on any atom is -0.408 e. The van der Waals surface area contributed by atoms with Crippen LogP contribution in [0.5, 0.6) is 0 Å². The van der Waals surface area contributed by atoms with Crippen molar-refractivity contribution in [2.75, 3.05) is 11.1 Å². The van der Waals surface area contributed by atoms with Crippen LogP contribution in [0.2, 0.25) is 0 Å². The number of rotatable bonds is 6. The lowest BCUT2D eigenvalue weighted by molar-refractivity contribution is -0.113. The summed E-state index contributed by atoms with van der Waals surface area (Å²) in [6.07, 6.45) is 0. The molecule has 2 aromatic heterocycles. The number of aryl methyl sites for hydroxylation is 1. The molecule has 0 aliphatic carbocycles. The van der Waals surface area contributed by atoms with Crippen molar-refractivity contribution in [3.8, 4) is 0 Å². The second-order valence-electron chi connectivity index (χ2n) is 5.80. The number of thioether (sulfide) groups is 1. The van der Waals surface area contributed by atoms with Gasteiger partial charge >= 0.3 is 6.01 Å². The number of nitrogens with zero attached hydrogens (tertiary/aromatic N) is 4. The SMILES string of the molecule is Cc1cc(SCC(=O)Nc2nnc(C(C)C)o2)nc(C(C)C)n1. The molecule has 0 fully saturated rings. The topological polar surface area (TPSA) is 93.8 Å². The average Bonchev–Trinajstić information content (AvgIpc) is 2.93. The van der Waals surface area contributed by atoms with Gasteiger partial charge in [-0.1, -0.05) is 44.6 Å². The molecular weight excluding hydrogens is 314 g/mol. The quantitative estimate of drug-likeness (QED) is 0.640. The van der Waals surface area contributed by atoms with E-state index in [4.69, 9.17) is 4.42 Å². The van der Waals surface area contributed by atoms with Gasteiger partial charge in [-0.15, -0.1) is 5.10 Å². The van der Waals surface area contributed by atoms with Gasteiger partial charge in [0.15, 0.2) is 0 Å². The van der Waals surface area contributed by atoms with Crippen LogP contribution in [0.3, 0.4) is 0 Å². The van der Waals surface area contributed by atoms with E-state index in [9.17, 15) is 4.79 Å². The molecule has 0 atom stereocenters. The Hall–Kier alpha value is -1.96. The first-order valence-corrected chi connectivity index (χ1v) is 8.45. The van der Waals surface area contributed by atoms with E-state index in [1.165, 1.54) is 11.8 Å². The Morgan fingerprint density at radius 2 is 1.96 bits per heavy atom. The summed E-state index contributed by atoms with van der Waals surface area (Å²) in [7, 11) is 0. The third kappa shape index (κ3) is 5.02. The van der Waals surface area contributed by atoms with Crippen LogP contribution in [-0.2, 0) is 4.79 Å². The Morgan fingerprint density at radius 1 is 1.22 bits per heavy atom. The zero-order valence-corrected chi connectivity index (χ0v) is 14.8. The summed E-state index contributed by atoms with van der Waals surface area (Å²) in [5, 5.41) is 11.0. The van der Waals surface area contributed by atoms with Crippen LogP contribution in [0.4, 0.5) is 6.01 Å². The number of aromatic nitrogens is 4. The number of carbonyl (C=O) groups excluding carboxylic acids is 1. The van der Waals surface area contributed by atoms with E-state index < -0.39 is 0 Å². The number of hydrogen-bond donors (Lipinski definition) is 1. The highest BCUT2D eigenvalue weighted by atomic mass is 32.2. The third-order valence-electron chi connectivity index (χ3n) is 2.90. The normalized spacial score (nSPS) is 11.3. The molecule has 0 aliphatic rings. The summed E-state index contributed by atoms with van der Waals surface area (Å²) in [6.45, 7) is 9.89. The summed E-state index contributed by atoms with van der Waals surface area (Å²) in [5.74, 6) is 1.66. The van der Waals surface area contributed by atoms with Gasteiger partial charge in [0, 0.05) is 17.5 Å². The van der Waals surface area contributed by atoms with Crippen molar-refractivity contribution >= 4 is 23.7 Å². The maximum atomic E-state index is 12.0. The fourth-order valence-electron chi connectivity index (χ4n) is 1.71. The number of carbonyl (C=O) groups is 1. The second-order valence-corrected chi connectivity index (χ2v) is 6.79. The van der Waals surface area contributed by atoms with Crippen LogP contribution >= 0.6 is 11.8 Å². The minimum atomic E-state index is -0.212. The Balaban J connectivity index is 1.93. The number of hydrogen-bond acceptors (Lipinski definition) is 7. The maximum Gasteiger partial charge on any atom is 0.322 e. The number of nitrogens with one attached hydrogen (secondary N) is 1. The second kappa shape index (κ2) is 7.54. The minimum absolute atomic E-state index is 0.126. The molecule has 0 saturated heterocycles. The molecule has 1 amide bonds. The highest BCUT2D eigenvalue weighted by Gasteiger charge is 2.13. The van der Waals surface area contributed by atoms with Crippen LogP contribution in [0.1, 0.15) is 56.9 Å². The molecule has 124 valence electrons. The Bertz CT molecular complexity index is 684. The lowest BCUT2D eigenvalue weighted by atomic mass is 10.2. The van der Waals surface area contributed by atoms with Crippen LogP contribution in [0.25, 0.3) is 0 Å². The van der Waals surface area contributed by atoms with Crippen LogP contribution in [0.15, 0.2) is 15.5 Å². The summed E-state index contributed by atoms with van der Waals surface area (Å²) in [6, 6.07) is 1.99. The molecule has 0 aliphatic heterocycles. The van der Waals surface area contributed by atoms with Crippen LogP contribution in [-0.4, -0.2) is 31.8 Å². The van der Waals surface area contributed by atoms with Gasteiger partial charge in [-0.05, 0) is 13.0 Å². The zero-order valence-electron chi connectivity index (χ0n) is 14.0. The van der Waals surface area contributed by atoms with E-state index in [1.807, 2.05) is 40.7 Å². The van der Waals surface area contributed by atoms with Crippen molar-refractivity contribution in [3.05, 3.63) is 23.5 Å². The Labute approximate surface area is 139 Å². The molecule has 0 unspecified atom stereocenters. The maximum absolute atomic E-state index is 12.0. The van der Waals surface area contributed by atoms with Crippen molar-refractivity contribution in [2.45, 2.75) is 51.5 Å². The van der Waals surface area contributed by atoms with Gasteiger partial charge in [0.1, 0.15) is 10.9 Å². The highest BCUT2D eigenvalue weighted by Crippen LogP contribution is 2.20. The molecule has 7 nitrogen and oxygen atoms in total. The first-order chi connectivity index (χ1) is 10.8. The van der Waals surface area contributed by atoms with Crippen molar-refractivity contribution in [1.29, 1.82) is 0 Å². The smallest absolute Gasteiger partial charge is 0.322 e. The van der Waals surface area contributed by atoms with E-state index >= 15 is 0 Å².